The van der Waals surface area contributed by atoms with Crippen molar-refractivity contribution in [3.8, 4) is 11.8 Å². The molecule has 0 amide bonds. The second kappa shape index (κ2) is 9.97. The third kappa shape index (κ3) is 5.26. The van der Waals surface area contributed by atoms with Gasteiger partial charge in [0.25, 0.3) is 0 Å². The van der Waals surface area contributed by atoms with Gasteiger partial charge in [-0.1, -0.05) is 55.2 Å². The molecule has 1 saturated carbocycles. The van der Waals surface area contributed by atoms with Crippen LogP contribution >= 0.6 is 0 Å². The summed E-state index contributed by atoms with van der Waals surface area (Å²) in [5.41, 5.74) is 4.07. The van der Waals surface area contributed by atoms with Crippen molar-refractivity contribution < 1.29 is 4.39 Å². The van der Waals surface area contributed by atoms with Crippen molar-refractivity contribution in [3.05, 3.63) is 95.3 Å². The summed E-state index contributed by atoms with van der Waals surface area (Å²) in [6.45, 7) is 6.07. The number of allylic oxidation sites excluding steroid dienone is 1. The molecule has 0 radical (unpaired) electrons. The molecule has 3 aromatic carbocycles. The molecule has 3 aromatic rings. The number of fused-ring (bicyclic) bond motifs is 1. The highest BCUT2D eigenvalue weighted by molar-refractivity contribution is 5.85. The summed E-state index contributed by atoms with van der Waals surface area (Å²) in [6.07, 6.45) is 9.99. The van der Waals surface area contributed by atoms with Crippen LogP contribution in [-0.2, 0) is 12.8 Å². The van der Waals surface area contributed by atoms with Crippen LogP contribution in [0.25, 0.3) is 10.8 Å². The Morgan fingerprint density at radius 3 is 2.35 bits per heavy atom. The maximum absolute atomic E-state index is 15.1. The van der Waals surface area contributed by atoms with Gasteiger partial charge in [-0.05, 0) is 97.6 Å². The third-order valence-corrected chi connectivity index (χ3v) is 6.79. The summed E-state index contributed by atoms with van der Waals surface area (Å²) in [7, 11) is 0. The molecule has 0 heterocycles. The summed E-state index contributed by atoms with van der Waals surface area (Å²) in [5.74, 6) is 7.78. The average Bonchev–Trinajstić information content (AvgIpc) is 2.83. The van der Waals surface area contributed by atoms with Crippen molar-refractivity contribution in [3.63, 3.8) is 0 Å². The van der Waals surface area contributed by atoms with Gasteiger partial charge in [0, 0.05) is 16.5 Å². The zero-order valence-electron chi connectivity index (χ0n) is 18.5. The Morgan fingerprint density at radius 1 is 0.935 bits per heavy atom. The van der Waals surface area contributed by atoms with Crippen molar-refractivity contribution in [2.24, 2.45) is 11.8 Å². The van der Waals surface area contributed by atoms with Gasteiger partial charge in [0.15, 0.2) is 0 Å². The lowest BCUT2D eigenvalue weighted by atomic mass is 9.79. The number of hydrogen-bond donors (Lipinski definition) is 0. The highest BCUT2D eigenvalue weighted by Gasteiger charge is 2.19. The molecule has 0 N–H and O–H groups in total. The van der Waals surface area contributed by atoms with E-state index in [4.69, 9.17) is 0 Å². The molecular formula is C30H31F. The van der Waals surface area contributed by atoms with Crippen LogP contribution in [0, 0.1) is 29.5 Å². The van der Waals surface area contributed by atoms with Crippen molar-refractivity contribution in [1.82, 2.24) is 0 Å². The van der Waals surface area contributed by atoms with Gasteiger partial charge in [-0.3, -0.25) is 0 Å². The molecule has 1 heteroatoms. The molecule has 1 aliphatic rings. The molecule has 0 unspecified atom stereocenters. The molecule has 0 nitrogen and oxygen atoms in total. The Bertz CT molecular complexity index is 1100. The first-order valence-electron chi connectivity index (χ1n) is 11.6. The second-order valence-electron chi connectivity index (χ2n) is 8.83. The van der Waals surface area contributed by atoms with E-state index in [0.29, 0.717) is 11.3 Å². The zero-order valence-corrected chi connectivity index (χ0v) is 18.5. The van der Waals surface area contributed by atoms with E-state index in [-0.39, 0.29) is 5.82 Å². The van der Waals surface area contributed by atoms with Gasteiger partial charge in [0.05, 0.1) is 0 Å². The van der Waals surface area contributed by atoms with Gasteiger partial charge in [0.2, 0.25) is 0 Å². The van der Waals surface area contributed by atoms with E-state index in [1.54, 1.807) is 0 Å². The summed E-state index contributed by atoms with van der Waals surface area (Å²) < 4.78 is 15.1. The Hall–Kier alpha value is -2.85. The van der Waals surface area contributed by atoms with E-state index in [0.717, 1.165) is 47.3 Å². The minimum absolute atomic E-state index is 0.0630. The van der Waals surface area contributed by atoms with Crippen LogP contribution in [-0.4, -0.2) is 0 Å². The molecule has 0 atom stereocenters. The van der Waals surface area contributed by atoms with Crippen LogP contribution in [0.3, 0.4) is 0 Å². The molecule has 1 fully saturated rings. The average molecular weight is 411 g/mol. The van der Waals surface area contributed by atoms with Gasteiger partial charge in [0.1, 0.15) is 5.82 Å². The first-order chi connectivity index (χ1) is 15.2. The Kier molecular flexibility index (Phi) is 6.88. The second-order valence-corrected chi connectivity index (χ2v) is 8.83. The first-order valence-corrected chi connectivity index (χ1v) is 11.6. The van der Waals surface area contributed by atoms with Gasteiger partial charge in [-0.2, -0.15) is 0 Å². The van der Waals surface area contributed by atoms with E-state index in [2.05, 4.69) is 55.7 Å². The molecule has 31 heavy (non-hydrogen) atoms. The van der Waals surface area contributed by atoms with Crippen LogP contribution < -0.4 is 0 Å². The van der Waals surface area contributed by atoms with Crippen LogP contribution in [0.15, 0.2) is 67.3 Å². The topological polar surface area (TPSA) is 0 Å². The van der Waals surface area contributed by atoms with Crippen molar-refractivity contribution in [2.75, 3.05) is 0 Å². The fourth-order valence-electron chi connectivity index (χ4n) is 4.65. The van der Waals surface area contributed by atoms with Crippen molar-refractivity contribution in [1.29, 1.82) is 0 Å². The molecule has 0 saturated heterocycles. The smallest absolute Gasteiger partial charge is 0.134 e. The maximum Gasteiger partial charge on any atom is 0.134 e. The third-order valence-electron chi connectivity index (χ3n) is 6.79. The first kappa shape index (κ1) is 21.4. The largest absolute Gasteiger partial charge is 0.206 e. The SMILES string of the molecule is C=CC1CCC(CCc2ccc3cc(C#Cc4ccc(CC)cc4)ccc3c2F)CC1. The molecule has 4 rings (SSSR count). The highest BCUT2D eigenvalue weighted by atomic mass is 19.1. The number of benzene rings is 3. The maximum atomic E-state index is 15.1. The molecular weight excluding hydrogens is 379 g/mol. The van der Waals surface area contributed by atoms with Crippen molar-refractivity contribution in [2.45, 2.75) is 51.9 Å². The van der Waals surface area contributed by atoms with Crippen LogP contribution in [0.5, 0.6) is 0 Å². The Morgan fingerprint density at radius 2 is 1.65 bits per heavy atom. The van der Waals surface area contributed by atoms with Gasteiger partial charge in [-0.15, -0.1) is 6.58 Å². The van der Waals surface area contributed by atoms with E-state index in [1.165, 1.54) is 31.2 Å². The predicted octanol–water partition coefficient (Wildman–Crippen LogP) is 7.87. The van der Waals surface area contributed by atoms with Crippen LogP contribution in [0.1, 0.15) is 61.3 Å². The number of halogens is 1. The zero-order chi connectivity index (χ0) is 21.6. The summed E-state index contributed by atoms with van der Waals surface area (Å²) in [6, 6.07) is 18.2. The van der Waals surface area contributed by atoms with Gasteiger partial charge >= 0.3 is 0 Å². The lowest BCUT2D eigenvalue weighted by molar-refractivity contribution is 0.295. The standard InChI is InChI=1S/C30H31F/c1-3-22-5-9-24(10-6-22)13-14-26-16-20-29-28(21-26)19-18-27(30(29)31)17-15-25-11-7-23(4-2)8-12-25/h4-6,9-10,16,18-21,23,25H,2-3,7-8,11-12,15,17H2,1H3. The molecule has 0 aromatic heterocycles. The lowest BCUT2D eigenvalue weighted by Gasteiger charge is -2.26. The van der Waals surface area contributed by atoms with Gasteiger partial charge in [-0.25, -0.2) is 4.39 Å². The minimum atomic E-state index is -0.0630. The van der Waals surface area contributed by atoms with E-state index in [1.807, 2.05) is 30.3 Å². The highest BCUT2D eigenvalue weighted by Crippen LogP contribution is 2.33. The molecule has 0 spiro atoms. The predicted molar refractivity (Wildman–Crippen MR) is 130 cm³/mol. The normalized spacial score (nSPS) is 18.4. The number of aryl methyl sites for hydroxylation is 2. The Balaban J connectivity index is 1.45. The molecule has 0 aliphatic heterocycles. The van der Waals surface area contributed by atoms with E-state index < -0.39 is 0 Å². The number of hydrogen-bond acceptors (Lipinski definition) is 0. The number of rotatable bonds is 5. The summed E-state index contributed by atoms with van der Waals surface area (Å²) in [4.78, 5) is 0. The minimum Gasteiger partial charge on any atom is -0.206 e. The van der Waals surface area contributed by atoms with E-state index >= 15 is 4.39 Å². The summed E-state index contributed by atoms with van der Waals surface area (Å²) in [5, 5.41) is 1.62. The van der Waals surface area contributed by atoms with Crippen LogP contribution in [0.2, 0.25) is 0 Å². The fraction of sp³-hybridized carbons (Fsp3) is 0.333. The fourth-order valence-corrected chi connectivity index (χ4v) is 4.65. The van der Waals surface area contributed by atoms with Crippen LogP contribution in [0.4, 0.5) is 4.39 Å². The monoisotopic (exact) mass is 410 g/mol. The molecule has 0 bridgehead atoms. The van der Waals surface area contributed by atoms with Gasteiger partial charge < -0.3 is 0 Å². The lowest BCUT2D eigenvalue weighted by Crippen LogP contribution is -2.13. The molecule has 1 aliphatic carbocycles. The summed E-state index contributed by atoms with van der Waals surface area (Å²) >= 11 is 0. The van der Waals surface area contributed by atoms with Crippen molar-refractivity contribution >= 4 is 10.8 Å². The Labute approximate surface area is 186 Å². The van der Waals surface area contributed by atoms with E-state index in [9.17, 15) is 0 Å². The molecule has 158 valence electrons. The quantitative estimate of drug-likeness (QED) is 0.296.